The third-order valence-corrected chi connectivity index (χ3v) is 3.64. The van der Waals surface area contributed by atoms with E-state index in [1.165, 1.54) is 18.2 Å². The molecule has 0 bridgehead atoms. The fourth-order valence-corrected chi connectivity index (χ4v) is 2.34. The highest BCUT2D eigenvalue weighted by Gasteiger charge is 2.37. The number of carbonyl (C=O) groups excluding carboxylic acids is 1. The Bertz CT molecular complexity index is 1030. The van der Waals surface area contributed by atoms with E-state index in [1.54, 1.807) is 6.07 Å². The van der Waals surface area contributed by atoms with Crippen molar-refractivity contribution in [2.45, 2.75) is 25.9 Å². The highest BCUT2D eigenvalue weighted by Crippen LogP contribution is 2.31. The maximum Gasteiger partial charge on any atom is 0.468 e. The third kappa shape index (κ3) is 3.61. The smallest absolute Gasteiger partial charge is 0.433 e. The Hall–Kier alpha value is -3.10. The second kappa shape index (κ2) is 6.32. The van der Waals surface area contributed by atoms with Crippen LogP contribution < -0.4 is 10.9 Å². The van der Waals surface area contributed by atoms with Gasteiger partial charge in [0, 0.05) is 23.0 Å². The predicted octanol–water partition coefficient (Wildman–Crippen LogP) is 3.91. The Balaban J connectivity index is 1.89. The molecule has 136 valence electrons. The van der Waals surface area contributed by atoms with Crippen molar-refractivity contribution in [2.75, 3.05) is 5.32 Å². The van der Waals surface area contributed by atoms with E-state index in [4.69, 9.17) is 0 Å². The van der Waals surface area contributed by atoms with Crippen LogP contribution >= 0.6 is 0 Å². The second-order valence-corrected chi connectivity index (χ2v) is 6.00. The first-order chi connectivity index (χ1) is 12.1. The van der Waals surface area contributed by atoms with Gasteiger partial charge in [0.2, 0.25) is 5.56 Å². The standard InChI is InChI=1S/C17H14F3N3O3/c1-8(2)11-5-9(6-14(24)22-11)15(25)21-10-3-4-13-12(7-10)23-16(26-13)17(18,19)20/h3-8H,1-2H3,(H,21,25)(H,22,24). The van der Waals surface area contributed by atoms with Gasteiger partial charge in [-0.05, 0) is 30.2 Å². The van der Waals surface area contributed by atoms with Crippen molar-refractivity contribution < 1.29 is 22.4 Å². The van der Waals surface area contributed by atoms with Gasteiger partial charge in [-0.1, -0.05) is 13.8 Å². The summed E-state index contributed by atoms with van der Waals surface area (Å²) < 4.78 is 42.6. The van der Waals surface area contributed by atoms with Gasteiger partial charge in [-0.25, -0.2) is 4.98 Å². The summed E-state index contributed by atoms with van der Waals surface area (Å²) in [5.41, 5.74) is 0.481. The Morgan fingerprint density at radius 2 is 1.96 bits per heavy atom. The summed E-state index contributed by atoms with van der Waals surface area (Å²) in [5.74, 6) is -1.90. The van der Waals surface area contributed by atoms with Crippen molar-refractivity contribution in [1.29, 1.82) is 0 Å². The number of rotatable bonds is 3. The first-order valence-corrected chi connectivity index (χ1v) is 7.67. The van der Waals surface area contributed by atoms with Gasteiger partial charge in [0.1, 0.15) is 5.52 Å². The van der Waals surface area contributed by atoms with E-state index >= 15 is 0 Å². The molecule has 0 fully saturated rings. The normalized spacial score (nSPS) is 11.9. The largest absolute Gasteiger partial charge is 0.468 e. The first-order valence-electron chi connectivity index (χ1n) is 7.67. The molecule has 9 heteroatoms. The molecule has 3 rings (SSSR count). The van der Waals surface area contributed by atoms with Crippen LogP contribution in [0.5, 0.6) is 0 Å². The lowest BCUT2D eigenvalue weighted by Gasteiger charge is -2.08. The minimum atomic E-state index is -4.69. The van der Waals surface area contributed by atoms with Crippen molar-refractivity contribution in [3.05, 3.63) is 57.8 Å². The Morgan fingerprint density at radius 1 is 1.23 bits per heavy atom. The highest BCUT2D eigenvalue weighted by molar-refractivity contribution is 6.04. The topological polar surface area (TPSA) is 88.0 Å². The quantitative estimate of drug-likeness (QED) is 0.737. The van der Waals surface area contributed by atoms with Gasteiger partial charge in [0.25, 0.3) is 5.91 Å². The van der Waals surface area contributed by atoms with Gasteiger partial charge in [0.15, 0.2) is 5.58 Å². The number of carbonyl (C=O) groups is 1. The molecule has 0 unspecified atom stereocenters. The van der Waals surface area contributed by atoms with E-state index in [9.17, 15) is 22.8 Å². The van der Waals surface area contributed by atoms with Crippen LogP contribution in [0.4, 0.5) is 18.9 Å². The number of amides is 1. The van der Waals surface area contributed by atoms with Crippen LogP contribution in [0.3, 0.4) is 0 Å². The van der Waals surface area contributed by atoms with Gasteiger partial charge in [0.05, 0.1) is 0 Å². The molecule has 3 aromatic rings. The summed E-state index contributed by atoms with van der Waals surface area (Å²) in [5, 5.41) is 2.54. The van der Waals surface area contributed by atoms with Gasteiger partial charge < -0.3 is 14.7 Å². The molecule has 6 nitrogen and oxygen atoms in total. The first kappa shape index (κ1) is 17.7. The second-order valence-electron chi connectivity index (χ2n) is 6.00. The number of nitrogens with one attached hydrogen (secondary N) is 2. The Morgan fingerprint density at radius 3 is 2.62 bits per heavy atom. The highest BCUT2D eigenvalue weighted by atomic mass is 19.4. The van der Waals surface area contributed by atoms with E-state index in [0.29, 0.717) is 5.69 Å². The number of pyridine rings is 1. The molecule has 0 radical (unpaired) electrons. The van der Waals surface area contributed by atoms with Gasteiger partial charge in [-0.3, -0.25) is 9.59 Å². The van der Waals surface area contributed by atoms with Crippen LogP contribution in [0, 0.1) is 0 Å². The number of aromatic nitrogens is 2. The molecule has 0 aliphatic heterocycles. The molecule has 2 heterocycles. The Labute approximate surface area is 145 Å². The molecule has 2 aromatic heterocycles. The SMILES string of the molecule is CC(C)c1cc(C(=O)Nc2ccc3oc(C(F)(F)F)nc3c2)cc(=O)[nH]1. The van der Waals surface area contributed by atoms with Crippen LogP contribution in [0.1, 0.15) is 41.7 Å². The van der Waals surface area contributed by atoms with Crippen LogP contribution in [0.25, 0.3) is 11.1 Å². The lowest BCUT2D eigenvalue weighted by atomic mass is 10.1. The third-order valence-electron chi connectivity index (χ3n) is 3.64. The molecule has 0 saturated carbocycles. The monoisotopic (exact) mass is 365 g/mol. The number of H-pyrrole nitrogens is 1. The number of oxazole rings is 1. The number of aromatic amines is 1. The number of hydrogen-bond donors (Lipinski definition) is 2. The summed E-state index contributed by atoms with van der Waals surface area (Å²) in [7, 11) is 0. The predicted molar refractivity (Wildman–Crippen MR) is 88.1 cm³/mol. The van der Waals surface area contributed by atoms with E-state index in [2.05, 4.69) is 19.7 Å². The zero-order valence-corrected chi connectivity index (χ0v) is 13.8. The maximum absolute atomic E-state index is 12.6. The molecule has 2 N–H and O–H groups in total. The fraction of sp³-hybridized carbons (Fsp3) is 0.235. The van der Waals surface area contributed by atoms with Crippen LogP contribution in [-0.4, -0.2) is 15.9 Å². The molecule has 0 atom stereocenters. The molecular formula is C17H14F3N3O3. The summed E-state index contributed by atoms with van der Waals surface area (Å²) in [6.45, 7) is 3.73. The van der Waals surface area contributed by atoms with Crippen LogP contribution in [-0.2, 0) is 6.18 Å². The lowest BCUT2D eigenvalue weighted by molar-refractivity contribution is -0.156. The number of hydrogen-bond acceptors (Lipinski definition) is 4. The van der Waals surface area contributed by atoms with Crippen LogP contribution in [0.15, 0.2) is 39.5 Å². The lowest BCUT2D eigenvalue weighted by Crippen LogP contribution is -2.18. The zero-order chi connectivity index (χ0) is 19.1. The number of nitrogens with zero attached hydrogens (tertiary/aromatic N) is 1. The van der Waals surface area contributed by atoms with Gasteiger partial charge in [-0.2, -0.15) is 13.2 Å². The molecule has 0 aliphatic rings. The fourth-order valence-electron chi connectivity index (χ4n) is 2.34. The average Bonchev–Trinajstić information content (AvgIpc) is 2.97. The molecule has 0 saturated heterocycles. The van der Waals surface area contributed by atoms with Crippen molar-refractivity contribution >= 4 is 22.7 Å². The Kier molecular flexibility index (Phi) is 4.31. The van der Waals surface area contributed by atoms with E-state index in [0.717, 1.165) is 6.07 Å². The molecular weight excluding hydrogens is 351 g/mol. The van der Waals surface area contributed by atoms with Crippen molar-refractivity contribution in [1.82, 2.24) is 9.97 Å². The zero-order valence-electron chi connectivity index (χ0n) is 13.8. The van der Waals surface area contributed by atoms with Crippen LogP contribution in [0.2, 0.25) is 0 Å². The summed E-state index contributed by atoms with van der Waals surface area (Å²) >= 11 is 0. The van der Waals surface area contributed by atoms with E-state index < -0.39 is 23.5 Å². The summed E-state index contributed by atoms with van der Waals surface area (Å²) in [6.07, 6.45) is -4.69. The van der Waals surface area contributed by atoms with E-state index in [-0.39, 0.29) is 28.3 Å². The molecule has 1 amide bonds. The number of alkyl halides is 3. The van der Waals surface area contributed by atoms with Crippen molar-refractivity contribution in [2.24, 2.45) is 0 Å². The number of fused-ring (bicyclic) bond motifs is 1. The number of anilines is 1. The number of benzene rings is 1. The molecule has 0 aliphatic carbocycles. The minimum absolute atomic E-state index is 0.0164. The summed E-state index contributed by atoms with van der Waals surface area (Å²) in [6, 6.07) is 6.64. The number of halogens is 3. The minimum Gasteiger partial charge on any atom is -0.433 e. The van der Waals surface area contributed by atoms with Gasteiger partial charge >= 0.3 is 12.1 Å². The molecule has 26 heavy (non-hydrogen) atoms. The van der Waals surface area contributed by atoms with Gasteiger partial charge in [-0.15, -0.1) is 0 Å². The van der Waals surface area contributed by atoms with Crippen molar-refractivity contribution in [3.63, 3.8) is 0 Å². The molecule has 1 aromatic carbocycles. The maximum atomic E-state index is 12.6. The van der Waals surface area contributed by atoms with E-state index in [1.807, 2.05) is 13.8 Å². The summed E-state index contributed by atoms with van der Waals surface area (Å²) in [4.78, 5) is 30.1. The molecule has 0 spiro atoms. The van der Waals surface area contributed by atoms with Crippen molar-refractivity contribution in [3.8, 4) is 0 Å². The average molecular weight is 365 g/mol.